The van der Waals surface area contributed by atoms with Gasteiger partial charge in [0.1, 0.15) is 17.3 Å². The van der Waals surface area contributed by atoms with Crippen LogP contribution >= 0.6 is 11.8 Å². The Kier molecular flexibility index (Phi) is 9.13. The fourth-order valence-electron chi connectivity index (χ4n) is 7.64. The molecule has 2 aromatic carbocycles. The van der Waals surface area contributed by atoms with Crippen molar-refractivity contribution in [3.63, 3.8) is 0 Å². The number of amides is 1. The normalized spacial score (nSPS) is 19.7. The van der Waals surface area contributed by atoms with Crippen molar-refractivity contribution in [2.75, 3.05) is 24.6 Å². The number of nitrogens with one attached hydrogen (secondary N) is 1. The van der Waals surface area contributed by atoms with Crippen LogP contribution in [0.4, 0.5) is 4.39 Å². The predicted octanol–water partition coefficient (Wildman–Crippen LogP) is 5.35. The highest BCUT2D eigenvalue weighted by Gasteiger charge is 2.29. The summed E-state index contributed by atoms with van der Waals surface area (Å²) >= 11 is 2.00. The summed E-state index contributed by atoms with van der Waals surface area (Å²) in [5.74, 6) is 2.45. The monoisotopic (exact) mass is 693 g/mol. The summed E-state index contributed by atoms with van der Waals surface area (Å²) in [4.78, 5) is 52.5. The molecule has 2 aliphatic heterocycles. The maximum absolute atomic E-state index is 14.5. The molecular formula is C38H40FN7O3S. The molecule has 1 aliphatic carbocycles. The first-order valence-electron chi connectivity index (χ1n) is 17.6. The Morgan fingerprint density at radius 1 is 0.940 bits per heavy atom. The number of aryl methyl sites for hydroxylation is 2. The van der Waals surface area contributed by atoms with Gasteiger partial charge >= 0.3 is 5.69 Å². The largest absolute Gasteiger partial charge is 0.348 e. The van der Waals surface area contributed by atoms with Crippen LogP contribution in [-0.2, 0) is 19.5 Å². The van der Waals surface area contributed by atoms with Gasteiger partial charge < -0.3 is 9.88 Å². The molecule has 10 nitrogen and oxygen atoms in total. The van der Waals surface area contributed by atoms with E-state index >= 15 is 0 Å². The molecule has 5 aromatic rings. The van der Waals surface area contributed by atoms with Gasteiger partial charge in [-0.2, -0.15) is 11.8 Å². The van der Waals surface area contributed by atoms with Crippen LogP contribution in [0.5, 0.6) is 0 Å². The fourth-order valence-corrected chi connectivity index (χ4v) is 8.62. The molecule has 8 rings (SSSR count). The topological polar surface area (TPSA) is 107 Å². The lowest BCUT2D eigenvalue weighted by atomic mass is 9.90. The average molecular weight is 694 g/mol. The Balaban J connectivity index is 1.05. The van der Waals surface area contributed by atoms with Crippen LogP contribution in [0.25, 0.3) is 27.8 Å². The number of fused-ring (bicyclic) bond motifs is 2. The maximum atomic E-state index is 14.5. The average Bonchev–Trinajstić information content (AvgIpc) is 3.59. The van der Waals surface area contributed by atoms with Gasteiger partial charge in [0.15, 0.2) is 5.65 Å². The number of carbonyl (C=O) groups excluding carboxylic acids is 1. The number of rotatable bonds is 7. The SMILES string of the molecule is O=C(NC1CCC(n2c(=O)c3cc(F)cnc3n(-c3cccc(-c4ccc(CN5CCSCC5)cc4)c3)c2=O)CC1)c1cn2c(n1)CCCC2. The summed E-state index contributed by atoms with van der Waals surface area (Å²) < 4.78 is 19.3. The predicted molar refractivity (Wildman–Crippen MR) is 194 cm³/mol. The number of pyridine rings is 1. The third kappa shape index (κ3) is 6.54. The zero-order valence-electron chi connectivity index (χ0n) is 27.9. The van der Waals surface area contributed by atoms with E-state index in [9.17, 15) is 18.8 Å². The smallest absolute Gasteiger partial charge is 0.337 e. The van der Waals surface area contributed by atoms with Gasteiger partial charge in [0.2, 0.25) is 0 Å². The first-order valence-corrected chi connectivity index (χ1v) is 18.8. The molecule has 2 fully saturated rings. The van der Waals surface area contributed by atoms with Gasteiger partial charge in [-0.1, -0.05) is 36.4 Å². The Morgan fingerprint density at radius 2 is 1.74 bits per heavy atom. The second kappa shape index (κ2) is 14.0. The number of halogens is 1. The number of benzene rings is 2. The van der Waals surface area contributed by atoms with Crippen molar-refractivity contribution in [2.24, 2.45) is 0 Å². The van der Waals surface area contributed by atoms with E-state index in [0.29, 0.717) is 37.1 Å². The van der Waals surface area contributed by atoms with Gasteiger partial charge in [-0.25, -0.2) is 23.7 Å². The van der Waals surface area contributed by atoms with E-state index in [1.165, 1.54) is 26.2 Å². The third-order valence-electron chi connectivity index (χ3n) is 10.3. The Morgan fingerprint density at radius 3 is 2.52 bits per heavy atom. The van der Waals surface area contributed by atoms with Crippen LogP contribution in [0, 0.1) is 5.82 Å². The lowest BCUT2D eigenvalue weighted by Gasteiger charge is -2.30. The summed E-state index contributed by atoms with van der Waals surface area (Å²) in [5, 5.41) is 3.17. The molecule has 3 aromatic heterocycles. The van der Waals surface area contributed by atoms with Gasteiger partial charge in [0, 0.05) is 62.4 Å². The summed E-state index contributed by atoms with van der Waals surface area (Å²) in [6.07, 6.45) is 8.13. The van der Waals surface area contributed by atoms with Crippen molar-refractivity contribution in [1.29, 1.82) is 0 Å². The van der Waals surface area contributed by atoms with Crippen molar-refractivity contribution >= 4 is 28.7 Å². The van der Waals surface area contributed by atoms with Crippen LogP contribution in [0.15, 0.2) is 76.6 Å². The van der Waals surface area contributed by atoms with Crippen molar-refractivity contribution in [2.45, 2.75) is 70.1 Å². The van der Waals surface area contributed by atoms with Gasteiger partial charge in [-0.15, -0.1) is 0 Å². The molecule has 1 saturated heterocycles. The minimum absolute atomic E-state index is 0.0506. The lowest BCUT2D eigenvalue weighted by molar-refractivity contribution is 0.0917. The first-order chi connectivity index (χ1) is 24.4. The highest BCUT2D eigenvalue weighted by atomic mass is 32.2. The fraction of sp³-hybridized carbons (Fsp3) is 0.395. The van der Waals surface area contributed by atoms with Crippen molar-refractivity contribution in [3.8, 4) is 16.8 Å². The molecule has 50 heavy (non-hydrogen) atoms. The number of nitrogens with zero attached hydrogens (tertiary/aromatic N) is 6. The molecule has 1 saturated carbocycles. The van der Waals surface area contributed by atoms with E-state index < -0.39 is 23.1 Å². The van der Waals surface area contributed by atoms with Gasteiger partial charge in [-0.3, -0.25) is 19.1 Å². The molecule has 5 heterocycles. The van der Waals surface area contributed by atoms with Crippen molar-refractivity contribution in [1.82, 2.24) is 33.9 Å². The molecular weight excluding hydrogens is 654 g/mol. The van der Waals surface area contributed by atoms with Crippen LogP contribution in [-0.4, -0.2) is 65.1 Å². The number of hydrogen-bond donors (Lipinski definition) is 1. The Labute approximate surface area is 293 Å². The van der Waals surface area contributed by atoms with E-state index in [4.69, 9.17) is 0 Å². The standard InChI is InChI=1S/C38H40FN7O3S/c39-28-21-32-35(40-22-28)45(31-5-3-4-27(20-31)26-9-7-25(8-10-26)23-43-16-18-50-19-17-43)38(49)46(37(32)48)30-13-11-29(12-14-30)41-36(47)33-24-44-15-2-1-6-34(44)42-33/h3-5,7-10,20-22,24,29-30H,1-2,6,11-19,23H2,(H,41,47). The number of hydrogen-bond acceptors (Lipinski definition) is 7. The van der Waals surface area contributed by atoms with E-state index in [-0.39, 0.29) is 23.0 Å². The van der Waals surface area contributed by atoms with E-state index in [1.54, 1.807) is 0 Å². The molecule has 12 heteroatoms. The number of imidazole rings is 1. The third-order valence-corrected chi connectivity index (χ3v) is 11.3. The van der Waals surface area contributed by atoms with Gasteiger partial charge in [0.25, 0.3) is 11.5 Å². The number of carbonyl (C=O) groups is 1. The first kappa shape index (κ1) is 32.6. The molecule has 0 bridgehead atoms. The molecule has 1 N–H and O–H groups in total. The van der Waals surface area contributed by atoms with Gasteiger partial charge in [-0.05, 0) is 73.4 Å². The Bertz CT molecular complexity index is 2140. The molecule has 0 unspecified atom stereocenters. The van der Waals surface area contributed by atoms with Crippen molar-refractivity contribution in [3.05, 3.63) is 111 Å². The van der Waals surface area contributed by atoms with Crippen molar-refractivity contribution < 1.29 is 9.18 Å². The molecule has 3 aliphatic rings. The van der Waals surface area contributed by atoms with E-state index in [2.05, 4.69) is 49.0 Å². The van der Waals surface area contributed by atoms with E-state index in [1.807, 2.05) is 42.2 Å². The van der Waals surface area contributed by atoms with Crippen LogP contribution in [0.2, 0.25) is 0 Å². The van der Waals surface area contributed by atoms with Crippen LogP contribution in [0.3, 0.4) is 0 Å². The Hall–Kier alpha value is -4.55. The number of aromatic nitrogens is 5. The molecule has 0 spiro atoms. The summed E-state index contributed by atoms with van der Waals surface area (Å²) in [5.41, 5.74) is 3.21. The highest BCUT2D eigenvalue weighted by molar-refractivity contribution is 7.99. The minimum atomic E-state index is -0.643. The minimum Gasteiger partial charge on any atom is -0.348 e. The second-order valence-corrected chi connectivity index (χ2v) is 14.9. The van der Waals surface area contributed by atoms with Crippen LogP contribution < -0.4 is 16.6 Å². The van der Waals surface area contributed by atoms with E-state index in [0.717, 1.165) is 74.7 Å². The van der Waals surface area contributed by atoms with Crippen LogP contribution in [0.1, 0.15) is 66.4 Å². The summed E-state index contributed by atoms with van der Waals surface area (Å²) in [7, 11) is 0. The van der Waals surface area contributed by atoms with Gasteiger partial charge in [0.05, 0.1) is 17.3 Å². The maximum Gasteiger partial charge on any atom is 0.337 e. The summed E-state index contributed by atoms with van der Waals surface area (Å²) in [6.45, 7) is 4.01. The molecule has 258 valence electrons. The second-order valence-electron chi connectivity index (χ2n) is 13.6. The zero-order chi connectivity index (χ0) is 34.2. The molecule has 1 amide bonds. The molecule has 0 radical (unpaired) electrons. The highest BCUT2D eigenvalue weighted by Crippen LogP contribution is 2.29. The quantitative estimate of drug-likeness (QED) is 0.245. The molecule has 0 atom stereocenters. The lowest BCUT2D eigenvalue weighted by Crippen LogP contribution is -2.45. The zero-order valence-corrected chi connectivity index (χ0v) is 28.7. The summed E-state index contributed by atoms with van der Waals surface area (Å²) in [6, 6.07) is 16.8. The number of thioether (sulfide) groups is 1.